The van der Waals surface area contributed by atoms with Crippen LogP contribution in [0.25, 0.3) is 44.1 Å². The van der Waals surface area contributed by atoms with E-state index in [1.54, 1.807) is 12.4 Å². The third-order valence-corrected chi connectivity index (χ3v) is 4.05. The monoisotopic (exact) mass is 297 g/mol. The van der Waals surface area contributed by atoms with Crippen LogP contribution in [0.1, 0.15) is 0 Å². The highest BCUT2D eigenvalue weighted by Crippen LogP contribution is 2.30. The molecule has 0 aliphatic heterocycles. The lowest BCUT2D eigenvalue weighted by Crippen LogP contribution is -1.87. The minimum Gasteiger partial charge on any atom is -0.456 e. The fourth-order valence-electron chi connectivity index (χ4n) is 2.88. The van der Waals surface area contributed by atoms with Gasteiger partial charge >= 0.3 is 0 Å². The Kier molecular flexibility index (Phi) is 2.46. The van der Waals surface area contributed by atoms with Crippen LogP contribution in [0.5, 0.6) is 0 Å². The second-order valence-corrected chi connectivity index (χ2v) is 5.46. The molecular weight excluding hydrogens is 286 g/mol. The van der Waals surface area contributed by atoms with E-state index in [9.17, 15) is 0 Å². The summed E-state index contributed by atoms with van der Waals surface area (Å²) in [6.07, 6.45) is 7.23. The van der Waals surface area contributed by atoms with Crippen molar-refractivity contribution in [3.8, 4) is 11.4 Å². The van der Waals surface area contributed by atoms with Gasteiger partial charge in [0, 0.05) is 47.0 Å². The van der Waals surface area contributed by atoms with E-state index in [4.69, 9.17) is 4.42 Å². The fourth-order valence-corrected chi connectivity index (χ4v) is 2.88. The Balaban J connectivity index is 1.73. The maximum Gasteiger partial charge on any atom is 0.139 e. The van der Waals surface area contributed by atoms with Crippen LogP contribution >= 0.6 is 0 Å². The van der Waals surface area contributed by atoms with Gasteiger partial charge in [0.05, 0.1) is 11.4 Å². The summed E-state index contributed by atoms with van der Waals surface area (Å²) in [5, 5.41) is 4.21. The van der Waals surface area contributed by atoms with Crippen molar-refractivity contribution in [1.29, 1.82) is 0 Å². The van der Waals surface area contributed by atoms with Gasteiger partial charge in [-0.25, -0.2) is 0 Å². The Hall–Kier alpha value is -3.27. The van der Waals surface area contributed by atoms with Gasteiger partial charge in [-0.15, -0.1) is 0 Å². The molecular formula is C19H11N3O. The molecule has 0 amide bonds. The van der Waals surface area contributed by atoms with E-state index in [1.165, 1.54) is 0 Å². The van der Waals surface area contributed by atoms with E-state index in [-0.39, 0.29) is 0 Å². The van der Waals surface area contributed by atoms with Gasteiger partial charge in [-0.3, -0.25) is 15.0 Å². The van der Waals surface area contributed by atoms with Gasteiger partial charge in [-0.2, -0.15) is 0 Å². The molecule has 0 N–H and O–H groups in total. The van der Waals surface area contributed by atoms with E-state index < -0.39 is 0 Å². The molecule has 4 heterocycles. The van der Waals surface area contributed by atoms with E-state index >= 15 is 0 Å². The van der Waals surface area contributed by atoms with Crippen molar-refractivity contribution in [2.45, 2.75) is 0 Å². The predicted octanol–water partition coefficient (Wildman–Crippen LogP) is 4.59. The molecule has 4 aromatic heterocycles. The van der Waals surface area contributed by atoms with Crippen LogP contribution in [0.2, 0.25) is 0 Å². The summed E-state index contributed by atoms with van der Waals surface area (Å²) in [6, 6.07) is 14.0. The number of pyridine rings is 3. The SMILES string of the molecule is c1ccc2cc(-c3cc4oc5ccncc5c4cn3)ncc2c1. The molecule has 0 saturated heterocycles. The number of hydrogen-bond acceptors (Lipinski definition) is 4. The molecule has 5 rings (SSSR count). The molecule has 23 heavy (non-hydrogen) atoms. The first-order chi connectivity index (χ1) is 11.4. The molecule has 0 saturated carbocycles. The first kappa shape index (κ1) is 12.3. The highest BCUT2D eigenvalue weighted by atomic mass is 16.3. The average Bonchev–Trinajstić information content (AvgIpc) is 2.99. The molecule has 1 aromatic carbocycles. The molecule has 4 nitrogen and oxygen atoms in total. The quantitative estimate of drug-likeness (QED) is 0.454. The topological polar surface area (TPSA) is 51.8 Å². The van der Waals surface area contributed by atoms with Gasteiger partial charge in [-0.1, -0.05) is 24.3 Å². The minimum atomic E-state index is 0.799. The van der Waals surface area contributed by atoms with Crippen molar-refractivity contribution < 1.29 is 4.42 Å². The Labute approximate surface area is 131 Å². The zero-order valence-corrected chi connectivity index (χ0v) is 12.1. The first-order valence-electron chi connectivity index (χ1n) is 7.36. The largest absolute Gasteiger partial charge is 0.456 e. The van der Waals surface area contributed by atoms with Gasteiger partial charge in [0.1, 0.15) is 11.2 Å². The molecule has 108 valence electrons. The Bertz CT molecular complexity index is 1180. The van der Waals surface area contributed by atoms with Crippen LogP contribution in [0.4, 0.5) is 0 Å². The summed E-state index contributed by atoms with van der Waals surface area (Å²) in [5.41, 5.74) is 3.26. The van der Waals surface area contributed by atoms with Crippen molar-refractivity contribution in [2.75, 3.05) is 0 Å². The molecule has 5 aromatic rings. The lowest BCUT2D eigenvalue weighted by Gasteiger charge is -2.02. The molecule has 0 aliphatic rings. The highest BCUT2D eigenvalue weighted by molar-refractivity contribution is 6.04. The van der Waals surface area contributed by atoms with Crippen molar-refractivity contribution in [2.24, 2.45) is 0 Å². The van der Waals surface area contributed by atoms with E-state index in [1.807, 2.05) is 42.7 Å². The summed E-state index contributed by atoms with van der Waals surface area (Å²) >= 11 is 0. The van der Waals surface area contributed by atoms with Crippen molar-refractivity contribution >= 4 is 32.7 Å². The molecule has 4 heteroatoms. The molecule has 0 radical (unpaired) electrons. The number of nitrogens with zero attached hydrogens (tertiary/aromatic N) is 3. The van der Waals surface area contributed by atoms with Crippen LogP contribution in [-0.4, -0.2) is 15.0 Å². The molecule has 0 aliphatic carbocycles. The van der Waals surface area contributed by atoms with Crippen molar-refractivity contribution in [1.82, 2.24) is 15.0 Å². The lowest BCUT2D eigenvalue weighted by atomic mass is 10.1. The van der Waals surface area contributed by atoms with Crippen molar-refractivity contribution in [3.05, 3.63) is 67.3 Å². The number of rotatable bonds is 1. The minimum absolute atomic E-state index is 0.799. The van der Waals surface area contributed by atoms with Gasteiger partial charge in [0.25, 0.3) is 0 Å². The summed E-state index contributed by atoms with van der Waals surface area (Å²) in [4.78, 5) is 13.2. The van der Waals surface area contributed by atoms with Gasteiger partial charge < -0.3 is 4.42 Å². The summed E-state index contributed by atoms with van der Waals surface area (Å²) < 4.78 is 5.89. The normalized spacial score (nSPS) is 11.5. The Morgan fingerprint density at radius 3 is 2.43 bits per heavy atom. The van der Waals surface area contributed by atoms with Crippen LogP contribution in [-0.2, 0) is 0 Å². The van der Waals surface area contributed by atoms with Crippen LogP contribution < -0.4 is 0 Å². The molecule has 0 atom stereocenters. The third-order valence-electron chi connectivity index (χ3n) is 4.05. The Morgan fingerprint density at radius 2 is 1.48 bits per heavy atom. The summed E-state index contributed by atoms with van der Waals surface area (Å²) in [5.74, 6) is 0. The molecule has 0 bridgehead atoms. The third kappa shape index (κ3) is 1.89. The average molecular weight is 297 g/mol. The zero-order chi connectivity index (χ0) is 15.2. The number of furan rings is 1. The van der Waals surface area contributed by atoms with Crippen LogP contribution in [0.15, 0.2) is 71.7 Å². The van der Waals surface area contributed by atoms with E-state index in [2.05, 4.69) is 27.1 Å². The summed E-state index contributed by atoms with van der Waals surface area (Å²) in [6.45, 7) is 0. The zero-order valence-electron chi connectivity index (χ0n) is 12.1. The Morgan fingerprint density at radius 1 is 0.696 bits per heavy atom. The van der Waals surface area contributed by atoms with Gasteiger partial charge in [0.2, 0.25) is 0 Å². The second-order valence-electron chi connectivity index (χ2n) is 5.46. The van der Waals surface area contributed by atoms with Crippen LogP contribution in [0, 0.1) is 0 Å². The maximum absolute atomic E-state index is 5.89. The lowest BCUT2D eigenvalue weighted by molar-refractivity contribution is 0.668. The smallest absolute Gasteiger partial charge is 0.139 e. The van der Waals surface area contributed by atoms with Gasteiger partial charge in [0.15, 0.2) is 0 Å². The molecule has 0 spiro atoms. The number of hydrogen-bond donors (Lipinski definition) is 0. The molecule has 0 unspecified atom stereocenters. The second kappa shape index (κ2) is 4.61. The number of aromatic nitrogens is 3. The maximum atomic E-state index is 5.89. The number of fused-ring (bicyclic) bond motifs is 4. The van der Waals surface area contributed by atoms with Crippen molar-refractivity contribution in [3.63, 3.8) is 0 Å². The fraction of sp³-hybridized carbons (Fsp3) is 0. The molecule has 0 fully saturated rings. The summed E-state index contributed by atoms with van der Waals surface area (Å²) in [7, 11) is 0. The van der Waals surface area contributed by atoms with Crippen LogP contribution in [0.3, 0.4) is 0 Å². The van der Waals surface area contributed by atoms with E-state index in [0.29, 0.717) is 0 Å². The predicted molar refractivity (Wildman–Crippen MR) is 90.0 cm³/mol. The highest BCUT2D eigenvalue weighted by Gasteiger charge is 2.10. The van der Waals surface area contributed by atoms with E-state index in [0.717, 1.165) is 44.1 Å². The van der Waals surface area contributed by atoms with Gasteiger partial charge in [-0.05, 0) is 17.5 Å². The first-order valence-corrected chi connectivity index (χ1v) is 7.36. The number of benzene rings is 1. The standard InChI is InChI=1S/C19H11N3O/c1-2-4-13-9-21-16(7-12(13)3-1)17-8-19-15(11-22-17)14-10-20-6-5-18(14)23-19/h1-11H.